The molecule has 0 N–H and O–H groups in total. The summed E-state index contributed by atoms with van der Waals surface area (Å²) < 4.78 is 3.13. The molecule has 0 bridgehead atoms. The molecule has 1 aromatic carbocycles. The largest absolute Gasteiger partial charge is 0.298 e. The Kier molecular flexibility index (Phi) is 5.69. The summed E-state index contributed by atoms with van der Waals surface area (Å²) >= 11 is 0. The number of carbonyl (C=O) groups is 1. The smallest absolute Gasteiger partial charge is 0.261 e. The summed E-state index contributed by atoms with van der Waals surface area (Å²) in [5.41, 5.74) is 2.34. The molecule has 0 aliphatic heterocycles. The molecule has 0 unspecified atom stereocenters. The van der Waals surface area contributed by atoms with Crippen molar-refractivity contribution in [2.45, 2.75) is 58.0 Å². The van der Waals surface area contributed by atoms with E-state index in [1.807, 2.05) is 37.3 Å². The molecule has 1 fully saturated rings. The molecule has 2 heterocycles. The van der Waals surface area contributed by atoms with Gasteiger partial charge in [0, 0.05) is 19.2 Å². The van der Waals surface area contributed by atoms with E-state index in [1.54, 1.807) is 16.8 Å². The van der Waals surface area contributed by atoms with Crippen LogP contribution in [0.15, 0.2) is 58.7 Å². The van der Waals surface area contributed by atoms with Crippen LogP contribution in [0.4, 0.5) is 0 Å². The van der Waals surface area contributed by atoms with Crippen LogP contribution < -0.4 is 11.0 Å². The predicted octanol–water partition coefficient (Wildman–Crippen LogP) is 3.47. The first-order chi connectivity index (χ1) is 14.1. The zero-order valence-corrected chi connectivity index (χ0v) is 16.8. The fourth-order valence-corrected chi connectivity index (χ4v) is 3.90. The summed E-state index contributed by atoms with van der Waals surface area (Å²) in [5.74, 6) is -0.0698. The lowest BCUT2D eigenvalue weighted by molar-refractivity contribution is 0.0890. The summed E-state index contributed by atoms with van der Waals surface area (Å²) in [5, 5.41) is 0.568. The number of hydrogen-bond acceptors (Lipinski definition) is 4. The van der Waals surface area contributed by atoms with Gasteiger partial charge in [0.05, 0.1) is 23.3 Å². The van der Waals surface area contributed by atoms with E-state index >= 15 is 0 Å². The number of fused-ring (bicyclic) bond motifs is 1. The third kappa shape index (κ3) is 4.36. The standard InChI is InChI=1S/C23H26N4O2/c1-17-11-14-27(21(15-17)25-18-7-3-2-4-8-18)22(28)12-13-26-16-24-20-10-6-5-9-19(20)23(26)29/h5-6,9-11,14-16,18H,2-4,7-8,12-13H2,1H3. The van der Waals surface area contributed by atoms with E-state index in [1.165, 1.54) is 30.2 Å². The molecule has 6 nitrogen and oxygen atoms in total. The summed E-state index contributed by atoms with van der Waals surface area (Å²) in [6.45, 7) is 2.30. The number of para-hydroxylation sites is 1. The van der Waals surface area contributed by atoms with E-state index in [-0.39, 0.29) is 23.9 Å². The fraction of sp³-hybridized carbons (Fsp3) is 0.391. The molecule has 6 heteroatoms. The highest BCUT2D eigenvalue weighted by Crippen LogP contribution is 2.19. The molecule has 0 saturated heterocycles. The maximum atomic E-state index is 12.9. The Morgan fingerprint density at radius 3 is 2.79 bits per heavy atom. The maximum absolute atomic E-state index is 12.9. The first kappa shape index (κ1) is 19.3. The second-order valence-corrected chi connectivity index (χ2v) is 7.76. The number of pyridine rings is 1. The van der Waals surface area contributed by atoms with Crippen LogP contribution in [0, 0.1) is 6.92 Å². The van der Waals surface area contributed by atoms with Gasteiger partial charge in [-0.3, -0.25) is 23.7 Å². The van der Waals surface area contributed by atoms with Gasteiger partial charge < -0.3 is 0 Å². The third-order valence-electron chi connectivity index (χ3n) is 5.55. The molecule has 3 aromatic rings. The number of aryl methyl sites for hydroxylation is 2. The first-order valence-electron chi connectivity index (χ1n) is 10.3. The van der Waals surface area contributed by atoms with Crippen molar-refractivity contribution in [3.63, 3.8) is 0 Å². The van der Waals surface area contributed by atoms with Crippen molar-refractivity contribution in [1.29, 1.82) is 0 Å². The zero-order valence-electron chi connectivity index (χ0n) is 16.8. The van der Waals surface area contributed by atoms with Crippen LogP contribution >= 0.6 is 0 Å². The van der Waals surface area contributed by atoms with Gasteiger partial charge in [-0.2, -0.15) is 0 Å². The average molecular weight is 390 g/mol. The van der Waals surface area contributed by atoms with Gasteiger partial charge in [-0.05, 0) is 49.6 Å². The van der Waals surface area contributed by atoms with Gasteiger partial charge in [-0.25, -0.2) is 4.98 Å². The van der Waals surface area contributed by atoms with Crippen LogP contribution in [0.3, 0.4) is 0 Å². The van der Waals surface area contributed by atoms with Gasteiger partial charge >= 0.3 is 0 Å². The SMILES string of the molecule is Cc1ccn(C(=O)CCn2cnc3ccccc3c2=O)c(=NC2CCCCC2)c1. The predicted molar refractivity (Wildman–Crippen MR) is 113 cm³/mol. The van der Waals surface area contributed by atoms with Crippen molar-refractivity contribution in [3.05, 3.63) is 70.3 Å². The van der Waals surface area contributed by atoms with Crippen molar-refractivity contribution < 1.29 is 4.79 Å². The summed E-state index contributed by atoms with van der Waals surface area (Å²) in [6, 6.07) is 11.4. The van der Waals surface area contributed by atoms with Crippen molar-refractivity contribution in [3.8, 4) is 0 Å². The molecular weight excluding hydrogens is 364 g/mol. The van der Waals surface area contributed by atoms with Gasteiger partial charge in [0.2, 0.25) is 5.91 Å². The van der Waals surface area contributed by atoms with Gasteiger partial charge in [0.15, 0.2) is 0 Å². The molecule has 0 atom stereocenters. The fourth-order valence-electron chi connectivity index (χ4n) is 3.90. The Balaban J connectivity index is 1.57. The summed E-state index contributed by atoms with van der Waals surface area (Å²) in [7, 11) is 0. The van der Waals surface area contributed by atoms with Crippen LogP contribution in [-0.2, 0) is 6.54 Å². The second-order valence-electron chi connectivity index (χ2n) is 7.76. The number of aromatic nitrogens is 3. The van der Waals surface area contributed by atoms with E-state index in [0.717, 1.165) is 18.4 Å². The number of carbonyl (C=O) groups excluding carboxylic acids is 1. The first-order valence-corrected chi connectivity index (χ1v) is 10.3. The minimum atomic E-state index is -0.121. The topological polar surface area (TPSA) is 69.2 Å². The molecule has 1 aliphatic carbocycles. The minimum absolute atomic E-state index is 0.0698. The van der Waals surface area contributed by atoms with Gasteiger partial charge in [-0.1, -0.05) is 31.4 Å². The second kappa shape index (κ2) is 8.55. The van der Waals surface area contributed by atoms with Crippen molar-refractivity contribution >= 4 is 16.8 Å². The molecular formula is C23H26N4O2. The Morgan fingerprint density at radius 2 is 1.97 bits per heavy atom. The van der Waals surface area contributed by atoms with Crippen LogP contribution in [0.2, 0.25) is 0 Å². The summed E-state index contributed by atoms with van der Waals surface area (Å²) in [6.07, 6.45) is 9.36. The number of nitrogens with zero attached hydrogens (tertiary/aromatic N) is 4. The molecule has 1 saturated carbocycles. The highest BCUT2D eigenvalue weighted by atomic mass is 16.2. The average Bonchev–Trinajstić information content (AvgIpc) is 2.74. The number of hydrogen-bond donors (Lipinski definition) is 0. The molecule has 29 heavy (non-hydrogen) atoms. The van der Waals surface area contributed by atoms with Crippen LogP contribution in [0.25, 0.3) is 10.9 Å². The van der Waals surface area contributed by atoms with Gasteiger partial charge in [-0.15, -0.1) is 0 Å². The van der Waals surface area contributed by atoms with E-state index in [0.29, 0.717) is 22.9 Å². The number of benzene rings is 1. The monoisotopic (exact) mass is 390 g/mol. The lowest BCUT2D eigenvalue weighted by Crippen LogP contribution is -2.31. The molecule has 0 spiro atoms. The van der Waals surface area contributed by atoms with Gasteiger partial charge in [0.1, 0.15) is 5.49 Å². The molecule has 1 aliphatic rings. The zero-order chi connectivity index (χ0) is 20.2. The Labute approximate surface area is 169 Å². The molecule has 0 radical (unpaired) electrons. The van der Waals surface area contributed by atoms with Crippen molar-refractivity contribution in [1.82, 2.24) is 14.1 Å². The summed E-state index contributed by atoms with van der Waals surface area (Å²) in [4.78, 5) is 34.8. The molecule has 2 aromatic heterocycles. The highest BCUT2D eigenvalue weighted by Gasteiger charge is 2.13. The Hall–Kier alpha value is -3.02. The quantitative estimate of drug-likeness (QED) is 0.685. The Morgan fingerprint density at radius 1 is 1.17 bits per heavy atom. The van der Waals surface area contributed by atoms with E-state index in [4.69, 9.17) is 4.99 Å². The van der Waals surface area contributed by atoms with Crippen LogP contribution in [-0.4, -0.2) is 26.1 Å². The normalized spacial score (nSPS) is 15.7. The lowest BCUT2D eigenvalue weighted by atomic mass is 9.96. The lowest BCUT2D eigenvalue weighted by Gasteiger charge is -2.18. The van der Waals surface area contributed by atoms with Crippen molar-refractivity contribution in [2.75, 3.05) is 0 Å². The highest BCUT2D eigenvalue weighted by molar-refractivity contribution is 5.79. The van der Waals surface area contributed by atoms with Gasteiger partial charge in [0.25, 0.3) is 5.56 Å². The Bertz CT molecular complexity index is 1150. The third-order valence-corrected chi connectivity index (χ3v) is 5.55. The molecule has 0 amide bonds. The van der Waals surface area contributed by atoms with Crippen LogP contribution in [0.5, 0.6) is 0 Å². The van der Waals surface area contributed by atoms with E-state index in [2.05, 4.69) is 4.98 Å². The van der Waals surface area contributed by atoms with E-state index < -0.39 is 0 Å². The minimum Gasteiger partial charge on any atom is -0.298 e. The van der Waals surface area contributed by atoms with Crippen molar-refractivity contribution in [2.24, 2.45) is 4.99 Å². The van der Waals surface area contributed by atoms with E-state index in [9.17, 15) is 9.59 Å². The van der Waals surface area contributed by atoms with Crippen LogP contribution in [0.1, 0.15) is 48.9 Å². The number of rotatable bonds is 4. The molecule has 4 rings (SSSR count). The maximum Gasteiger partial charge on any atom is 0.261 e. The molecule has 150 valence electrons.